The maximum atomic E-state index is 6.27. The van der Waals surface area contributed by atoms with E-state index in [1.54, 1.807) is 0 Å². The highest BCUT2D eigenvalue weighted by Crippen LogP contribution is 2.65. The first-order valence-electron chi connectivity index (χ1n) is 9.40. The first kappa shape index (κ1) is 13.6. The lowest BCUT2D eigenvalue weighted by molar-refractivity contribution is -0.105. The molecule has 2 N–H and O–H groups in total. The first-order valence-corrected chi connectivity index (χ1v) is 9.40. The van der Waals surface area contributed by atoms with E-state index in [9.17, 15) is 0 Å². The lowest BCUT2D eigenvalue weighted by atomic mass is 9.45. The minimum Gasteiger partial charge on any atom is -0.330 e. The highest BCUT2D eigenvalue weighted by molar-refractivity contribution is 5.08. The molecule has 1 nitrogen and oxygen atoms in total. The number of fused-ring (bicyclic) bond motifs is 5. The van der Waals surface area contributed by atoms with Crippen LogP contribution in [0.15, 0.2) is 0 Å². The van der Waals surface area contributed by atoms with Crippen molar-refractivity contribution in [2.24, 2.45) is 40.2 Å². The van der Waals surface area contributed by atoms with Crippen LogP contribution < -0.4 is 5.73 Å². The summed E-state index contributed by atoms with van der Waals surface area (Å²) in [5.74, 6) is 4.13. The van der Waals surface area contributed by atoms with Crippen LogP contribution in [0.5, 0.6) is 0 Å². The summed E-state index contributed by atoms with van der Waals surface area (Å²) in [5, 5.41) is 0. The van der Waals surface area contributed by atoms with Crippen molar-refractivity contribution in [2.75, 3.05) is 6.54 Å². The summed E-state index contributed by atoms with van der Waals surface area (Å²) in [6, 6.07) is 0. The van der Waals surface area contributed by atoms with Gasteiger partial charge in [0.15, 0.2) is 0 Å². The van der Waals surface area contributed by atoms with Gasteiger partial charge in [-0.1, -0.05) is 26.2 Å². The molecule has 4 aliphatic carbocycles. The van der Waals surface area contributed by atoms with Crippen molar-refractivity contribution in [1.82, 2.24) is 0 Å². The average molecular weight is 275 g/mol. The van der Waals surface area contributed by atoms with Gasteiger partial charge in [-0.2, -0.15) is 0 Å². The minimum absolute atomic E-state index is 0.568. The fourth-order valence-electron chi connectivity index (χ4n) is 7.44. The first-order chi connectivity index (χ1) is 9.70. The van der Waals surface area contributed by atoms with E-state index < -0.39 is 0 Å². The Morgan fingerprint density at radius 1 is 0.850 bits per heavy atom. The summed E-state index contributed by atoms with van der Waals surface area (Å²) >= 11 is 0. The summed E-state index contributed by atoms with van der Waals surface area (Å²) < 4.78 is 0. The lowest BCUT2D eigenvalue weighted by Crippen LogP contribution is -2.53. The van der Waals surface area contributed by atoms with E-state index in [0.29, 0.717) is 10.8 Å². The summed E-state index contributed by atoms with van der Waals surface area (Å²) in [6.07, 6.45) is 16.5. The molecular weight excluding hydrogens is 242 g/mol. The zero-order valence-corrected chi connectivity index (χ0v) is 13.4. The number of hydrogen-bond donors (Lipinski definition) is 1. The molecule has 0 spiro atoms. The van der Waals surface area contributed by atoms with E-state index in [2.05, 4.69) is 6.92 Å². The molecular formula is C19H33N. The molecule has 0 aromatic rings. The molecule has 0 amide bonds. The molecule has 4 saturated carbocycles. The quantitative estimate of drug-likeness (QED) is 0.734. The van der Waals surface area contributed by atoms with Crippen molar-refractivity contribution in [3.63, 3.8) is 0 Å². The number of nitrogens with two attached hydrogens (primary N) is 1. The smallest absolute Gasteiger partial charge is 0.00178 e. The van der Waals surface area contributed by atoms with Crippen LogP contribution in [0.3, 0.4) is 0 Å². The highest BCUT2D eigenvalue weighted by Gasteiger charge is 2.57. The van der Waals surface area contributed by atoms with Gasteiger partial charge in [0, 0.05) is 0 Å². The van der Waals surface area contributed by atoms with Crippen molar-refractivity contribution < 1.29 is 0 Å². The zero-order chi connectivity index (χ0) is 13.8. The standard InChI is InChI=1S/C19H33N/c1-18-10-3-2-5-14(18)7-8-15-16(18)9-12-19(13-20)11-4-6-17(15)19/h14-17H,2-13,20H2,1H3/t14-,15-,16+,17+,18+,19+/m1/s1. The van der Waals surface area contributed by atoms with E-state index in [0.717, 1.165) is 30.2 Å². The van der Waals surface area contributed by atoms with Gasteiger partial charge in [-0.05, 0) is 92.4 Å². The Balaban J connectivity index is 1.64. The summed E-state index contributed by atoms with van der Waals surface area (Å²) in [7, 11) is 0. The third-order valence-electron chi connectivity index (χ3n) is 8.52. The molecule has 0 aromatic heterocycles. The third-order valence-corrected chi connectivity index (χ3v) is 8.52. The van der Waals surface area contributed by atoms with Gasteiger partial charge >= 0.3 is 0 Å². The number of rotatable bonds is 1. The van der Waals surface area contributed by atoms with Gasteiger partial charge in [-0.15, -0.1) is 0 Å². The van der Waals surface area contributed by atoms with Crippen LogP contribution >= 0.6 is 0 Å². The molecule has 0 aliphatic heterocycles. The van der Waals surface area contributed by atoms with Crippen LogP contribution in [0.4, 0.5) is 0 Å². The molecule has 0 saturated heterocycles. The van der Waals surface area contributed by atoms with Gasteiger partial charge < -0.3 is 5.73 Å². The lowest BCUT2D eigenvalue weighted by Gasteiger charge is -2.60. The van der Waals surface area contributed by atoms with Gasteiger partial charge in [0.1, 0.15) is 0 Å². The van der Waals surface area contributed by atoms with Crippen LogP contribution in [-0.2, 0) is 0 Å². The Morgan fingerprint density at radius 3 is 2.60 bits per heavy atom. The van der Waals surface area contributed by atoms with Crippen molar-refractivity contribution >= 4 is 0 Å². The molecule has 4 rings (SSSR count). The fraction of sp³-hybridized carbons (Fsp3) is 1.00. The molecule has 0 bridgehead atoms. The molecule has 20 heavy (non-hydrogen) atoms. The maximum absolute atomic E-state index is 6.27. The van der Waals surface area contributed by atoms with Gasteiger partial charge in [0.2, 0.25) is 0 Å². The van der Waals surface area contributed by atoms with Crippen LogP contribution in [-0.4, -0.2) is 6.54 Å². The van der Waals surface area contributed by atoms with E-state index in [-0.39, 0.29) is 0 Å². The molecule has 4 aliphatic rings. The van der Waals surface area contributed by atoms with Gasteiger partial charge in [-0.25, -0.2) is 0 Å². The number of hydrogen-bond acceptors (Lipinski definition) is 1. The topological polar surface area (TPSA) is 26.0 Å². The molecule has 0 radical (unpaired) electrons. The van der Waals surface area contributed by atoms with Crippen molar-refractivity contribution in [3.05, 3.63) is 0 Å². The van der Waals surface area contributed by atoms with Crippen LogP contribution in [0.2, 0.25) is 0 Å². The zero-order valence-electron chi connectivity index (χ0n) is 13.4. The summed E-state index contributed by atoms with van der Waals surface area (Å²) in [6.45, 7) is 3.65. The second-order valence-corrected chi connectivity index (χ2v) is 8.90. The predicted octanol–water partition coefficient (Wildman–Crippen LogP) is 4.75. The Kier molecular flexibility index (Phi) is 3.22. The van der Waals surface area contributed by atoms with Gasteiger partial charge in [0.05, 0.1) is 0 Å². The Labute approximate surface area is 125 Å². The molecule has 114 valence electrons. The molecule has 4 fully saturated rings. The Morgan fingerprint density at radius 2 is 1.75 bits per heavy atom. The summed E-state index contributed by atoms with van der Waals surface area (Å²) in [4.78, 5) is 0. The maximum Gasteiger partial charge on any atom is -0.00178 e. The van der Waals surface area contributed by atoms with Gasteiger partial charge in [-0.3, -0.25) is 0 Å². The second kappa shape index (κ2) is 4.73. The third kappa shape index (κ3) is 1.71. The van der Waals surface area contributed by atoms with Crippen molar-refractivity contribution in [1.29, 1.82) is 0 Å². The average Bonchev–Trinajstić information content (AvgIpc) is 2.91. The van der Waals surface area contributed by atoms with E-state index in [1.165, 1.54) is 70.6 Å². The summed E-state index contributed by atoms with van der Waals surface area (Å²) in [5.41, 5.74) is 7.53. The Bertz CT molecular complexity index is 378. The van der Waals surface area contributed by atoms with Crippen molar-refractivity contribution in [2.45, 2.75) is 77.6 Å². The van der Waals surface area contributed by atoms with E-state index >= 15 is 0 Å². The van der Waals surface area contributed by atoms with E-state index in [4.69, 9.17) is 5.73 Å². The van der Waals surface area contributed by atoms with Crippen LogP contribution in [0, 0.1) is 34.5 Å². The van der Waals surface area contributed by atoms with Crippen molar-refractivity contribution in [3.8, 4) is 0 Å². The molecule has 6 atom stereocenters. The minimum atomic E-state index is 0.568. The normalized spacial score (nSPS) is 54.9. The van der Waals surface area contributed by atoms with E-state index in [1.807, 2.05) is 0 Å². The second-order valence-electron chi connectivity index (χ2n) is 8.90. The Hall–Kier alpha value is -0.0400. The molecule has 1 heteroatoms. The fourth-order valence-corrected chi connectivity index (χ4v) is 7.44. The van der Waals surface area contributed by atoms with Crippen LogP contribution in [0.1, 0.15) is 77.6 Å². The largest absolute Gasteiger partial charge is 0.330 e. The predicted molar refractivity (Wildman–Crippen MR) is 84.3 cm³/mol. The highest BCUT2D eigenvalue weighted by atomic mass is 14.7. The SMILES string of the molecule is C[C@]12CCCC[C@@H]1CC[C@H]1[C@@H]3CCC[C@@]3(CN)CC[C@@H]12. The monoisotopic (exact) mass is 275 g/mol. The molecule has 0 unspecified atom stereocenters. The van der Waals surface area contributed by atoms with Gasteiger partial charge in [0.25, 0.3) is 0 Å². The molecule has 0 heterocycles. The molecule has 0 aromatic carbocycles. The van der Waals surface area contributed by atoms with Crippen LogP contribution in [0.25, 0.3) is 0 Å².